The van der Waals surface area contributed by atoms with Crippen molar-refractivity contribution in [1.29, 1.82) is 0 Å². The predicted octanol–water partition coefficient (Wildman–Crippen LogP) is 7.02. The van der Waals surface area contributed by atoms with Crippen LogP contribution in [0.3, 0.4) is 0 Å². The highest BCUT2D eigenvalue weighted by Crippen LogP contribution is 2.34. The molecular formula is C23H41N2S2+. The van der Waals surface area contributed by atoms with Crippen molar-refractivity contribution in [2.45, 2.75) is 104 Å². The molecule has 1 aromatic heterocycles. The van der Waals surface area contributed by atoms with Gasteiger partial charge >= 0.3 is 0 Å². The van der Waals surface area contributed by atoms with E-state index in [0.717, 1.165) is 0 Å². The Morgan fingerprint density at radius 2 is 1.70 bits per heavy atom. The third-order valence-electron chi connectivity index (χ3n) is 5.56. The fourth-order valence-corrected chi connectivity index (χ4v) is 6.02. The first-order chi connectivity index (χ1) is 13.2. The molecule has 1 aliphatic rings. The lowest BCUT2D eigenvalue weighted by molar-refractivity contribution is -0.700. The van der Waals surface area contributed by atoms with E-state index in [4.69, 9.17) is 0 Å². The largest absolute Gasteiger partial charge is 0.363 e. The molecule has 27 heavy (non-hydrogen) atoms. The first kappa shape index (κ1) is 22.8. The van der Waals surface area contributed by atoms with Crippen molar-refractivity contribution >= 4 is 29.2 Å². The Kier molecular flexibility index (Phi) is 10.9. The summed E-state index contributed by atoms with van der Waals surface area (Å²) >= 11 is 3.97. The van der Waals surface area contributed by atoms with Gasteiger partial charge in [0.15, 0.2) is 5.69 Å². The van der Waals surface area contributed by atoms with Crippen molar-refractivity contribution in [1.82, 2.24) is 4.90 Å². The third-order valence-corrected chi connectivity index (χ3v) is 7.90. The minimum atomic E-state index is 0.677. The lowest BCUT2D eigenvalue weighted by Gasteiger charge is -2.24. The van der Waals surface area contributed by atoms with E-state index in [1.807, 2.05) is 11.3 Å². The maximum atomic E-state index is 2.66. The molecule has 0 aromatic carbocycles. The minimum absolute atomic E-state index is 0.677. The monoisotopic (exact) mass is 409 g/mol. The van der Waals surface area contributed by atoms with Gasteiger partial charge in [-0.25, -0.2) is 0 Å². The van der Waals surface area contributed by atoms with E-state index in [0.29, 0.717) is 6.04 Å². The van der Waals surface area contributed by atoms with Gasteiger partial charge in [-0.2, -0.15) is 4.57 Å². The molecule has 4 heteroatoms. The van der Waals surface area contributed by atoms with E-state index >= 15 is 0 Å². The molecular weight excluding hydrogens is 368 g/mol. The van der Waals surface area contributed by atoms with Crippen LogP contribution >= 0.6 is 23.1 Å². The van der Waals surface area contributed by atoms with Crippen molar-refractivity contribution in [2.24, 2.45) is 0 Å². The summed E-state index contributed by atoms with van der Waals surface area (Å²) in [6, 6.07) is 0.677. The van der Waals surface area contributed by atoms with E-state index < -0.39 is 0 Å². The fraction of sp³-hybridized carbons (Fsp3) is 0.783. The average Bonchev–Trinajstić information content (AvgIpc) is 3.18. The van der Waals surface area contributed by atoms with Crippen LogP contribution in [0.5, 0.6) is 0 Å². The Morgan fingerprint density at radius 3 is 2.41 bits per heavy atom. The van der Waals surface area contributed by atoms with Crippen LogP contribution in [-0.4, -0.2) is 23.2 Å². The summed E-state index contributed by atoms with van der Waals surface area (Å²) < 4.78 is 2.55. The molecule has 1 aromatic rings. The smallest absolute Gasteiger partial charge is 0.264 e. The zero-order chi connectivity index (χ0) is 19.5. The van der Waals surface area contributed by atoms with Crippen molar-refractivity contribution in [2.75, 3.05) is 12.3 Å². The van der Waals surface area contributed by atoms with Gasteiger partial charge in [-0.05, 0) is 19.8 Å². The molecule has 2 heterocycles. The molecule has 1 unspecified atom stereocenters. The van der Waals surface area contributed by atoms with Crippen LogP contribution in [0.15, 0.2) is 10.4 Å². The SMILES string of the molecule is CCCCCCCN1C(=Cc2scc(C)[n+]2CCCCCCC)SCC1C. The van der Waals surface area contributed by atoms with Crippen molar-refractivity contribution in [3.8, 4) is 0 Å². The van der Waals surface area contributed by atoms with Crippen LogP contribution in [0.1, 0.15) is 95.7 Å². The molecule has 0 amide bonds. The molecule has 0 N–H and O–H groups in total. The van der Waals surface area contributed by atoms with Crippen LogP contribution in [-0.2, 0) is 6.54 Å². The lowest BCUT2D eigenvalue weighted by atomic mass is 10.1. The van der Waals surface area contributed by atoms with Gasteiger partial charge in [0.05, 0.1) is 16.5 Å². The second-order valence-corrected chi connectivity index (χ2v) is 9.96. The van der Waals surface area contributed by atoms with Crippen LogP contribution in [0, 0.1) is 6.92 Å². The minimum Gasteiger partial charge on any atom is -0.363 e. The van der Waals surface area contributed by atoms with Gasteiger partial charge in [-0.15, -0.1) is 11.8 Å². The highest BCUT2D eigenvalue weighted by Gasteiger charge is 2.26. The average molecular weight is 410 g/mol. The number of thioether (sulfide) groups is 1. The van der Waals surface area contributed by atoms with Crippen molar-refractivity contribution in [3.05, 3.63) is 21.1 Å². The Hall–Kier alpha value is -0.480. The second kappa shape index (κ2) is 12.9. The maximum absolute atomic E-state index is 2.66. The molecule has 154 valence electrons. The highest BCUT2D eigenvalue weighted by atomic mass is 32.2. The van der Waals surface area contributed by atoms with Gasteiger partial charge in [-0.1, -0.05) is 70.1 Å². The normalized spacial score (nSPS) is 18.7. The molecule has 2 rings (SSSR count). The van der Waals surface area contributed by atoms with E-state index in [1.54, 1.807) is 0 Å². The molecule has 1 atom stereocenters. The van der Waals surface area contributed by atoms with Gasteiger partial charge in [-0.3, -0.25) is 0 Å². The highest BCUT2D eigenvalue weighted by molar-refractivity contribution is 8.03. The number of hydrogen-bond acceptors (Lipinski definition) is 3. The summed E-state index contributed by atoms with van der Waals surface area (Å²) in [7, 11) is 0. The first-order valence-electron chi connectivity index (χ1n) is 11.3. The summed E-state index contributed by atoms with van der Waals surface area (Å²) in [5, 5.41) is 5.27. The Balaban J connectivity index is 1.94. The number of thiazole rings is 1. The topological polar surface area (TPSA) is 7.12 Å². The number of rotatable bonds is 13. The molecule has 0 saturated carbocycles. The number of aryl methyl sites for hydroxylation is 1. The quantitative estimate of drug-likeness (QED) is 0.255. The molecule has 1 fully saturated rings. The van der Waals surface area contributed by atoms with E-state index in [2.05, 4.69) is 60.4 Å². The Bertz CT molecular complexity index is 565. The van der Waals surface area contributed by atoms with Crippen LogP contribution in [0.4, 0.5) is 0 Å². The molecule has 0 radical (unpaired) electrons. The standard InChI is InChI=1S/C23H41N2S2/c1-5-7-9-11-13-15-24-20(3)18-26-22(24)17-23-25(21(4)19-27-23)16-14-12-10-8-6-2/h17-18,21H,5-16,19H2,1-4H3/q+1. The maximum Gasteiger partial charge on any atom is 0.264 e. The Labute approximate surface area is 176 Å². The molecule has 1 saturated heterocycles. The van der Waals surface area contributed by atoms with E-state index in [9.17, 15) is 0 Å². The van der Waals surface area contributed by atoms with Crippen LogP contribution in [0.2, 0.25) is 0 Å². The van der Waals surface area contributed by atoms with E-state index in [-0.39, 0.29) is 0 Å². The number of unbranched alkanes of at least 4 members (excludes halogenated alkanes) is 8. The fourth-order valence-electron chi connectivity index (χ4n) is 3.76. The molecule has 2 nitrogen and oxygen atoms in total. The summed E-state index contributed by atoms with van der Waals surface area (Å²) in [6.07, 6.45) is 16.1. The van der Waals surface area contributed by atoms with Crippen molar-refractivity contribution in [3.63, 3.8) is 0 Å². The zero-order valence-corrected chi connectivity index (χ0v) is 19.8. The van der Waals surface area contributed by atoms with Gasteiger partial charge in [0, 0.05) is 31.7 Å². The summed E-state index contributed by atoms with van der Waals surface area (Å²) in [6.45, 7) is 11.6. The van der Waals surface area contributed by atoms with E-state index in [1.165, 1.54) is 98.8 Å². The van der Waals surface area contributed by atoms with Crippen molar-refractivity contribution < 1.29 is 4.57 Å². The molecule has 1 aliphatic heterocycles. The van der Waals surface area contributed by atoms with Gasteiger partial charge in [0.25, 0.3) is 5.01 Å². The van der Waals surface area contributed by atoms with Gasteiger partial charge in [0.2, 0.25) is 0 Å². The van der Waals surface area contributed by atoms with Crippen LogP contribution < -0.4 is 4.57 Å². The zero-order valence-electron chi connectivity index (χ0n) is 18.1. The number of hydrogen-bond donors (Lipinski definition) is 0. The summed E-state index contributed by atoms with van der Waals surface area (Å²) in [4.78, 5) is 2.66. The number of nitrogens with zero attached hydrogens (tertiary/aromatic N) is 2. The Morgan fingerprint density at radius 1 is 1.04 bits per heavy atom. The predicted molar refractivity (Wildman–Crippen MR) is 123 cm³/mol. The van der Waals surface area contributed by atoms with Gasteiger partial charge in [0.1, 0.15) is 6.54 Å². The van der Waals surface area contributed by atoms with Crippen LogP contribution in [0.25, 0.3) is 6.08 Å². The van der Waals surface area contributed by atoms with Gasteiger partial charge < -0.3 is 4.90 Å². The second-order valence-electron chi connectivity index (χ2n) is 8.03. The summed E-state index contributed by atoms with van der Waals surface area (Å²) in [5.41, 5.74) is 1.42. The lowest BCUT2D eigenvalue weighted by Crippen LogP contribution is -2.37. The summed E-state index contributed by atoms with van der Waals surface area (Å²) in [5.74, 6) is 1.24. The molecule has 0 spiro atoms. The first-order valence-corrected chi connectivity index (χ1v) is 13.1. The third kappa shape index (κ3) is 7.45. The molecule has 0 bridgehead atoms. The molecule has 0 aliphatic carbocycles. The number of aromatic nitrogens is 1.